The second-order valence-corrected chi connectivity index (χ2v) is 7.96. The highest BCUT2D eigenvalue weighted by Gasteiger charge is 2.28. The van der Waals surface area contributed by atoms with Crippen LogP contribution < -0.4 is 0 Å². The Morgan fingerprint density at radius 3 is 1.86 bits per heavy atom. The Balaban J connectivity index is 2.59. The van der Waals surface area contributed by atoms with Crippen LogP contribution in [0.25, 0.3) is 0 Å². The van der Waals surface area contributed by atoms with Crippen molar-refractivity contribution in [1.29, 1.82) is 0 Å². The summed E-state index contributed by atoms with van der Waals surface area (Å²) in [6.07, 6.45) is 3.84. The Morgan fingerprint density at radius 1 is 1.05 bits per heavy atom. The maximum Gasteiger partial charge on any atom is 0.0352 e. The molecule has 2 rings (SSSR count). The molecule has 0 heterocycles. The van der Waals surface area contributed by atoms with Crippen LogP contribution in [0, 0.1) is 12.3 Å². The number of hydrogen-bond acceptors (Lipinski definition) is 0. The van der Waals surface area contributed by atoms with Crippen molar-refractivity contribution in [2.45, 2.75) is 91.8 Å². The van der Waals surface area contributed by atoms with Crippen LogP contribution in [-0.4, -0.2) is 0 Å². The van der Waals surface area contributed by atoms with Gasteiger partial charge < -0.3 is 0 Å². The summed E-state index contributed by atoms with van der Waals surface area (Å²) >= 11 is 0. The van der Waals surface area contributed by atoms with Gasteiger partial charge in [-0.25, -0.2) is 0 Å². The quantitative estimate of drug-likeness (QED) is 0.566. The topological polar surface area (TPSA) is 0 Å². The van der Waals surface area contributed by atoms with Crippen molar-refractivity contribution in [3.8, 4) is 0 Å². The molecular weight excluding hydrogens is 252 g/mol. The van der Waals surface area contributed by atoms with E-state index in [2.05, 4.69) is 26.0 Å². The van der Waals surface area contributed by atoms with Gasteiger partial charge in [0.15, 0.2) is 0 Å². The van der Waals surface area contributed by atoms with Crippen LogP contribution in [0.4, 0.5) is 0 Å². The maximum atomic E-state index is 9.09. The van der Waals surface area contributed by atoms with Crippen LogP contribution in [0.2, 0.25) is 0 Å². The fourth-order valence-electron chi connectivity index (χ4n) is 3.47. The third kappa shape index (κ3) is 3.71. The minimum absolute atomic E-state index is 0.324. The van der Waals surface area contributed by atoms with Crippen LogP contribution in [0.5, 0.6) is 0 Å². The van der Waals surface area contributed by atoms with Crippen molar-refractivity contribution >= 4 is 0 Å². The minimum atomic E-state index is -0.718. The summed E-state index contributed by atoms with van der Waals surface area (Å²) in [5.41, 5.74) is 4.30. The summed E-state index contributed by atoms with van der Waals surface area (Å²) in [5.74, 6) is -2.02. The first kappa shape index (κ1) is 12.7. The summed E-state index contributed by atoms with van der Waals surface area (Å²) in [5, 5.41) is 0. The van der Waals surface area contributed by atoms with E-state index < -0.39 is 17.7 Å². The van der Waals surface area contributed by atoms with Crippen LogP contribution in [0.15, 0.2) is 12.1 Å². The fourth-order valence-corrected chi connectivity index (χ4v) is 3.47. The third-order valence-corrected chi connectivity index (χ3v) is 5.10. The predicted molar refractivity (Wildman–Crippen MR) is 94.3 cm³/mol. The standard InChI is InChI=1S/C21H34/c1-14(2)19-12-18(13-20(15(3)4)16(19)5)17-8-10-21(6,7)11-9-17/h12-15,17H,8-11H2,1-7H3/i14D,15D,17D. The van der Waals surface area contributed by atoms with Crippen LogP contribution >= 0.6 is 0 Å². The maximum absolute atomic E-state index is 9.09. The average molecular weight is 290 g/mol. The van der Waals surface area contributed by atoms with Gasteiger partial charge in [-0.15, -0.1) is 0 Å². The van der Waals surface area contributed by atoms with Crippen molar-refractivity contribution in [2.75, 3.05) is 0 Å². The molecule has 0 aliphatic heterocycles. The van der Waals surface area contributed by atoms with E-state index in [1.807, 2.05) is 34.6 Å². The summed E-state index contributed by atoms with van der Waals surface area (Å²) in [4.78, 5) is 0. The van der Waals surface area contributed by atoms with Crippen molar-refractivity contribution in [3.05, 3.63) is 34.4 Å². The molecule has 0 saturated heterocycles. The molecule has 1 aliphatic carbocycles. The monoisotopic (exact) mass is 289 g/mol. The first-order valence-corrected chi connectivity index (χ1v) is 8.32. The van der Waals surface area contributed by atoms with E-state index in [4.69, 9.17) is 4.11 Å². The van der Waals surface area contributed by atoms with Crippen LogP contribution in [0.1, 0.15) is 111 Å². The molecule has 0 heteroatoms. The van der Waals surface area contributed by atoms with Crippen molar-refractivity contribution < 1.29 is 4.11 Å². The lowest BCUT2D eigenvalue weighted by Gasteiger charge is -2.35. The van der Waals surface area contributed by atoms with Gasteiger partial charge >= 0.3 is 0 Å². The smallest absolute Gasteiger partial charge is 0.0352 e. The van der Waals surface area contributed by atoms with Gasteiger partial charge in [-0.2, -0.15) is 0 Å². The first-order chi connectivity index (χ1) is 10.7. The Morgan fingerprint density at radius 2 is 1.48 bits per heavy atom. The van der Waals surface area contributed by atoms with E-state index in [1.54, 1.807) is 0 Å². The van der Waals surface area contributed by atoms with Crippen LogP contribution in [0.3, 0.4) is 0 Å². The molecule has 1 aromatic carbocycles. The molecule has 21 heavy (non-hydrogen) atoms. The molecule has 0 nitrogen and oxygen atoms in total. The molecule has 1 saturated carbocycles. The molecule has 0 atom stereocenters. The van der Waals surface area contributed by atoms with Gasteiger partial charge in [0.2, 0.25) is 0 Å². The molecule has 0 bridgehead atoms. The minimum Gasteiger partial charge on any atom is -0.0599 e. The second kappa shape index (κ2) is 6.15. The van der Waals surface area contributed by atoms with E-state index in [0.717, 1.165) is 47.9 Å². The zero-order chi connectivity index (χ0) is 18.6. The predicted octanol–water partition coefficient (Wildman–Crippen LogP) is 6.93. The molecule has 0 aromatic heterocycles. The Kier molecular flexibility index (Phi) is 3.73. The van der Waals surface area contributed by atoms with Gasteiger partial charge in [0, 0.05) is 4.11 Å². The highest BCUT2D eigenvalue weighted by atomic mass is 14.3. The summed E-state index contributed by atoms with van der Waals surface area (Å²) in [7, 11) is 0. The van der Waals surface area contributed by atoms with Crippen molar-refractivity contribution in [1.82, 2.24) is 0 Å². The van der Waals surface area contributed by atoms with Gasteiger partial charge in [0.1, 0.15) is 0 Å². The van der Waals surface area contributed by atoms with E-state index >= 15 is 0 Å². The Hall–Kier alpha value is -0.780. The number of rotatable bonds is 3. The lowest BCUT2D eigenvalue weighted by atomic mass is 9.70. The van der Waals surface area contributed by atoms with E-state index in [9.17, 15) is 0 Å². The molecule has 0 spiro atoms. The zero-order valence-electron chi connectivity index (χ0n) is 18.0. The summed E-state index contributed by atoms with van der Waals surface area (Å²) < 4.78 is 26.1. The molecule has 0 unspecified atom stereocenters. The number of hydrogen-bond donors (Lipinski definition) is 0. The highest BCUT2D eigenvalue weighted by molar-refractivity contribution is 5.43. The molecule has 1 aromatic rings. The van der Waals surface area contributed by atoms with Gasteiger partial charge in [-0.1, -0.05) is 53.7 Å². The largest absolute Gasteiger partial charge is 0.0599 e. The molecule has 118 valence electrons. The lowest BCUT2D eigenvalue weighted by Crippen LogP contribution is -2.20. The van der Waals surface area contributed by atoms with Gasteiger partial charge in [0.25, 0.3) is 0 Å². The zero-order valence-corrected chi connectivity index (χ0v) is 15.0. The third-order valence-electron chi connectivity index (χ3n) is 5.10. The van der Waals surface area contributed by atoms with Crippen LogP contribution in [-0.2, 0) is 0 Å². The molecule has 0 N–H and O–H groups in total. The SMILES string of the molecule is [2H]C(C)(C)c1cc(C2([2H])CCC(C)(C)CC2)cc(C([2H])(C)C)c1C. The van der Waals surface area contributed by atoms with Crippen molar-refractivity contribution in [3.63, 3.8) is 0 Å². The summed E-state index contributed by atoms with van der Waals surface area (Å²) in [6.45, 7) is 14.2. The first-order valence-electron chi connectivity index (χ1n) is 9.82. The van der Waals surface area contributed by atoms with E-state index in [0.29, 0.717) is 5.41 Å². The number of benzene rings is 1. The molecular formula is C21H34. The Bertz CT molecular complexity index is 570. The summed E-state index contributed by atoms with van der Waals surface area (Å²) in [6, 6.07) is 4.17. The fraction of sp³-hybridized carbons (Fsp3) is 0.714. The van der Waals surface area contributed by atoms with Gasteiger partial charge in [-0.3, -0.25) is 0 Å². The Labute approximate surface area is 136 Å². The molecule has 0 radical (unpaired) electrons. The van der Waals surface area contributed by atoms with Gasteiger partial charge in [-0.05, 0) is 78.0 Å². The normalized spacial score (nSPS) is 24.0. The molecule has 1 fully saturated rings. The molecule has 1 aliphatic rings. The van der Waals surface area contributed by atoms with E-state index in [1.165, 1.54) is 0 Å². The lowest BCUT2D eigenvalue weighted by molar-refractivity contribution is 0.224. The highest BCUT2D eigenvalue weighted by Crippen LogP contribution is 2.43. The van der Waals surface area contributed by atoms with E-state index in [-0.39, 0.29) is 0 Å². The average Bonchev–Trinajstić information content (AvgIpc) is 2.40. The molecule has 0 amide bonds. The second-order valence-electron chi connectivity index (χ2n) is 7.96. The van der Waals surface area contributed by atoms with Crippen molar-refractivity contribution in [2.24, 2.45) is 5.41 Å². The van der Waals surface area contributed by atoms with Gasteiger partial charge in [0.05, 0.1) is 0 Å².